The smallest absolute Gasteiger partial charge is 0.0859 e. The van der Waals surface area contributed by atoms with Crippen molar-refractivity contribution in [2.75, 3.05) is 13.1 Å². The van der Waals surface area contributed by atoms with Crippen LogP contribution in [0.5, 0.6) is 0 Å². The van der Waals surface area contributed by atoms with Crippen molar-refractivity contribution in [3.8, 4) is 6.07 Å². The number of aliphatic hydroxyl groups is 1. The average Bonchev–Trinajstić information content (AvgIpc) is 2.14. The maximum Gasteiger partial charge on any atom is 0.0859 e. The lowest BCUT2D eigenvalue weighted by Gasteiger charge is -1.99. The molecule has 1 saturated heterocycles. The molecule has 3 heteroatoms. The highest BCUT2D eigenvalue weighted by Crippen LogP contribution is 2.05. The Morgan fingerprint density at radius 2 is 2.38 bits per heavy atom. The third-order valence-electron chi connectivity index (χ3n) is 1.35. The second-order valence-corrected chi connectivity index (χ2v) is 1.96. The quantitative estimate of drug-likeness (QED) is 0.426. The summed E-state index contributed by atoms with van der Waals surface area (Å²) in [5, 5.41) is 20.1. The van der Waals surface area contributed by atoms with Gasteiger partial charge in [0.2, 0.25) is 0 Å². The van der Waals surface area contributed by atoms with E-state index >= 15 is 0 Å². The van der Waals surface area contributed by atoms with Gasteiger partial charge in [-0.15, -0.1) is 0 Å². The van der Waals surface area contributed by atoms with Crippen molar-refractivity contribution >= 4 is 0 Å². The number of rotatable bonds is 0. The lowest BCUT2D eigenvalue weighted by atomic mass is 10.1. The largest absolute Gasteiger partial charge is 0.390 e. The van der Waals surface area contributed by atoms with E-state index in [1.54, 1.807) is 0 Å². The number of nitrogens with zero attached hydrogens (tertiary/aromatic N) is 1. The van der Waals surface area contributed by atoms with Crippen molar-refractivity contribution in [1.29, 1.82) is 5.26 Å². The van der Waals surface area contributed by atoms with Gasteiger partial charge in [0.25, 0.3) is 0 Å². The van der Waals surface area contributed by atoms with Crippen LogP contribution in [0.2, 0.25) is 0 Å². The van der Waals surface area contributed by atoms with Crippen LogP contribution in [0.25, 0.3) is 0 Å². The van der Waals surface area contributed by atoms with E-state index in [2.05, 4.69) is 5.32 Å². The van der Waals surface area contributed by atoms with E-state index < -0.39 is 6.10 Å². The maximum absolute atomic E-state index is 8.90. The van der Waals surface area contributed by atoms with Gasteiger partial charge < -0.3 is 10.4 Å². The van der Waals surface area contributed by atoms with E-state index in [0.29, 0.717) is 13.1 Å². The highest BCUT2D eigenvalue weighted by molar-refractivity contribution is 4.94. The fraction of sp³-hybridized carbons (Fsp3) is 0.800. The molecular weight excluding hydrogens is 104 g/mol. The van der Waals surface area contributed by atoms with Gasteiger partial charge in [-0.25, -0.2) is 0 Å². The van der Waals surface area contributed by atoms with E-state index in [4.69, 9.17) is 10.4 Å². The summed E-state index contributed by atoms with van der Waals surface area (Å²) in [4.78, 5) is 0. The fourth-order valence-corrected chi connectivity index (χ4v) is 0.797. The first kappa shape index (κ1) is 5.54. The van der Waals surface area contributed by atoms with Gasteiger partial charge in [-0.05, 0) is 0 Å². The van der Waals surface area contributed by atoms with Crippen LogP contribution in [0, 0.1) is 17.2 Å². The Bertz CT molecular complexity index is 118. The van der Waals surface area contributed by atoms with Gasteiger partial charge in [-0.1, -0.05) is 0 Å². The highest BCUT2D eigenvalue weighted by atomic mass is 16.3. The second kappa shape index (κ2) is 2.12. The predicted octanol–water partition coefficient (Wildman–Crippen LogP) is -0.910. The van der Waals surface area contributed by atoms with Crippen LogP contribution in [-0.4, -0.2) is 24.3 Å². The Kier molecular flexibility index (Phi) is 1.47. The Labute approximate surface area is 47.9 Å². The molecule has 8 heavy (non-hydrogen) atoms. The molecule has 0 aromatic carbocycles. The zero-order valence-electron chi connectivity index (χ0n) is 4.46. The fourth-order valence-electron chi connectivity index (χ4n) is 0.797. The standard InChI is InChI=1S/C5H8N2O/c6-1-4-2-7-3-5(4)8/h4-5,7-8H,2-3H2. The van der Waals surface area contributed by atoms with Crippen LogP contribution in [0.3, 0.4) is 0 Å². The van der Waals surface area contributed by atoms with Crippen molar-refractivity contribution in [3.05, 3.63) is 0 Å². The minimum absolute atomic E-state index is 0.185. The molecule has 2 atom stereocenters. The molecule has 0 radical (unpaired) electrons. The number of nitrogens with one attached hydrogen (secondary N) is 1. The molecule has 2 unspecified atom stereocenters. The number of hydrogen-bond acceptors (Lipinski definition) is 3. The summed E-state index contributed by atoms with van der Waals surface area (Å²) in [6, 6.07) is 2.00. The molecule has 0 aromatic rings. The molecule has 2 N–H and O–H groups in total. The molecule has 1 fully saturated rings. The highest BCUT2D eigenvalue weighted by Gasteiger charge is 2.23. The van der Waals surface area contributed by atoms with Gasteiger partial charge in [-0.3, -0.25) is 0 Å². The Morgan fingerprint density at radius 3 is 2.62 bits per heavy atom. The summed E-state index contributed by atoms with van der Waals surface area (Å²) >= 11 is 0. The normalized spacial score (nSPS) is 37.0. The summed E-state index contributed by atoms with van der Waals surface area (Å²) in [5.41, 5.74) is 0. The summed E-state index contributed by atoms with van der Waals surface area (Å²) in [5.74, 6) is -0.185. The van der Waals surface area contributed by atoms with Gasteiger partial charge in [-0.2, -0.15) is 5.26 Å². The van der Waals surface area contributed by atoms with Crippen LogP contribution < -0.4 is 5.32 Å². The summed E-state index contributed by atoms with van der Waals surface area (Å²) in [6.07, 6.45) is -0.444. The molecule has 1 aliphatic rings. The van der Waals surface area contributed by atoms with Crippen molar-refractivity contribution < 1.29 is 5.11 Å². The maximum atomic E-state index is 8.90. The third kappa shape index (κ3) is 0.808. The minimum Gasteiger partial charge on any atom is -0.390 e. The van der Waals surface area contributed by atoms with Crippen molar-refractivity contribution in [2.24, 2.45) is 5.92 Å². The van der Waals surface area contributed by atoms with Crippen LogP contribution >= 0.6 is 0 Å². The van der Waals surface area contributed by atoms with E-state index in [0.717, 1.165) is 0 Å². The van der Waals surface area contributed by atoms with Crippen LogP contribution in [-0.2, 0) is 0 Å². The number of hydrogen-bond donors (Lipinski definition) is 2. The van der Waals surface area contributed by atoms with Crippen molar-refractivity contribution in [1.82, 2.24) is 5.32 Å². The molecule has 1 heterocycles. The Morgan fingerprint density at radius 1 is 1.62 bits per heavy atom. The molecule has 0 aliphatic carbocycles. The van der Waals surface area contributed by atoms with E-state index in [-0.39, 0.29) is 5.92 Å². The van der Waals surface area contributed by atoms with Crippen LogP contribution in [0.15, 0.2) is 0 Å². The third-order valence-corrected chi connectivity index (χ3v) is 1.35. The molecule has 1 rings (SSSR count). The molecule has 0 amide bonds. The topological polar surface area (TPSA) is 56.0 Å². The average molecular weight is 112 g/mol. The first-order chi connectivity index (χ1) is 3.84. The predicted molar refractivity (Wildman–Crippen MR) is 28.0 cm³/mol. The molecule has 0 bridgehead atoms. The van der Waals surface area contributed by atoms with Gasteiger partial charge in [0.15, 0.2) is 0 Å². The molecular formula is C5H8N2O. The zero-order valence-corrected chi connectivity index (χ0v) is 4.46. The van der Waals surface area contributed by atoms with Gasteiger partial charge in [0, 0.05) is 13.1 Å². The molecule has 3 nitrogen and oxygen atoms in total. The monoisotopic (exact) mass is 112 g/mol. The van der Waals surface area contributed by atoms with Crippen molar-refractivity contribution in [3.63, 3.8) is 0 Å². The van der Waals surface area contributed by atoms with Crippen LogP contribution in [0.1, 0.15) is 0 Å². The van der Waals surface area contributed by atoms with E-state index in [9.17, 15) is 0 Å². The molecule has 1 aliphatic heterocycles. The van der Waals surface area contributed by atoms with Crippen molar-refractivity contribution in [2.45, 2.75) is 6.10 Å². The molecule has 0 aromatic heterocycles. The summed E-state index contributed by atoms with van der Waals surface area (Å²) < 4.78 is 0. The number of nitriles is 1. The number of β-amino-alcohol motifs (C(OH)–C–C–N with tert-alkyl or cyclic N) is 1. The van der Waals surface area contributed by atoms with E-state index in [1.807, 2.05) is 6.07 Å². The summed E-state index contributed by atoms with van der Waals surface area (Å²) in [7, 11) is 0. The van der Waals surface area contributed by atoms with Gasteiger partial charge in [0.05, 0.1) is 18.1 Å². The molecule has 0 saturated carbocycles. The van der Waals surface area contributed by atoms with Crippen LogP contribution in [0.4, 0.5) is 0 Å². The lowest BCUT2D eigenvalue weighted by molar-refractivity contribution is 0.170. The molecule has 0 spiro atoms. The zero-order chi connectivity index (χ0) is 5.98. The second-order valence-electron chi connectivity index (χ2n) is 1.96. The molecule has 44 valence electrons. The number of aliphatic hydroxyl groups excluding tert-OH is 1. The first-order valence-corrected chi connectivity index (χ1v) is 2.63. The lowest BCUT2D eigenvalue weighted by Crippen LogP contribution is -2.15. The summed E-state index contributed by atoms with van der Waals surface area (Å²) in [6.45, 7) is 1.20. The SMILES string of the molecule is N#CC1CNCC1O. The first-order valence-electron chi connectivity index (χ1n) is 2.63. The Hall–Kier alpha value is -0.590. The van der Waals surface area contributed by atoms with Gasteiger partial charge in [0.1, 0.15) is 0 Å². The minimum atomic E-state index is -0.444. The Balaban J connectivity index is 2.45. The van der Waals surface area contributed by atoms with Gasteiger partial charge >= 0.3 is 0 Å². The van der Waals surface area contributed by atoms with E-state index in [1.165, 1.54) is 0 Å².